The molecule has 0 bridgehead atoms. The molecule has 0 unspecified atom stereocenters. The summed E-state index contributed by atoms with van der Waals surface area (Å²) in [5.41, 5.74) is 1.45. The van der Waals surface area contributed by atoms with Gasteiger partial charge >= 0.3 is 5.69 Å². The van der Waals surface area contributed by atoms with Crippen molar-refractivity contribution in [3.8, 4) is 11.5 Å². The first-order valence-corrected chi connectivity index (χ1v) is 6.66. The predicted octanol–water partition coefficient (Wildman–Crippen LogP) is 3.99. The van der Waals surface area contributed by atoms with Crippen molar-refractivity contribution >= 4 is 21.6 Å². The molecular formula is C13H11BrN2O3. The van der Waals surface area contributed by atoms with Gasteiger partial charge in [-0.1, -0.05) is 22.0 Å². The maximum absolute atomic E-state index is 11.1. The van der Waals surface area contributed by atoms with Gasteiger partial charge in [0.05, 0.1) is 10.6 Å². The summed E-state index contributed by atoms with van der Waals surface area (Å²) in [5.74, 6) is 0.725. The first kappa shape index (κ1) is 13.5. The Kier molecular flexibility index (Phi) is 4.11. The third-order valence-corrected chi connectivity index (χ3v) is 3.20. The van der Waals surface area contributed by atoms with E-state index in [0.717, 1.165) is 5.56 Å². The number of nitro benzene ring substituents is 1. The molecule has 0 amide bonds. The highest BCUT2D eigenvalue weighted by molar-refractivity contribution is 9.08. The number of nitro groups is 1. The van der Waals surface area contributed by atoms with Gasteiger partial charge in [-0.25, -0.2) is 0 Å². The summed E-state index contributed by atoms with van der Waals surface area (Å²) in [6.07, 6.45) is 1.64. The Labute approximate surface area is 118 Å². The third-order valence-electron chi connectivity index (χ3n) is 2.55. The SMILES string of the molecule is Cc1ncccc1Oc1ccc(CBr)cc1[N+](=O)[O-]. The fourth-order valence-corrected chi connectivity index (χ4v) is 1.92. The number of rotatable bonds is 4. The minimum atomic E-state index is -0.451. The number of halogens is 1. The Bertz CT molecular complexity index is 617. The lowest BCUT2D eigenvalue weighted by atomic mass is 10.2. The van der Waals surface area contributed by atoms with E-state index in [2.05, 4.69) is 20.9 Å². The van der Waals surface area contributed by atoms with Gasteiger partial charge < -0.3 is 4.74 Å². The summed E-state index contributed by atoms with van der Waals surface area (Å²) >= 11 is 3.27. The highest BCUT2D eigenvalue weighted by atomic mass is 79.9. The summed E-state index contributed by atoms with van der Waals surface area (Å²) in [5, 5.41) is 11.6. The number of aromatic nitrogens is 1. The molecule has 0 saturated carbocycles. The summed E-state index contributed by atoms with van der Waals surface area (Å²) in [6.45, 7) is 1.79. The monoisotopic (exact) mass is 322 g/mol. The van der Waals surface area contributed by atoms with E-state index in [4.69, 9.17) is 4.74 Å². The summed E-state index contributed by atoms with van der Waals surface area (Å²) in [4.78, 5) is 14.7. The van der Waals surface area contributed by atoms with Gasteiger partial charge in [-0.15, -0.1) is 0 Å². The lowest BCUT2D eigenvalue weighted by Gasteiger charge is -2.08. The Hall–Kier alpha value is -1.95. The van der Waals surface area contributed by atoms with Crippen molar-refractivity contribution in [2.75, 3.05) is 0 Å². The molecule has 0 saturated heterocycles. The van der Waals surface area contributed by atoms with E-state index in [1.54, 1.807) is 37.4 Å². The summed E-state index contributed by atoms with van der Waals surface area (Å²) in [7, 11) is 0. The maximum atomic E-state index is 11.1. The van der Waals surface area contributed by atoms with Crippen LogP contribution in [-0.2, 0) is 5.33 Å². The molecular weight excluding hydrogens is 312 g/mol. The molecule has 0 spiro atoms. The van der Waals surface area contributed by atoms with Crippen molar-refractivity contribution < 1.29 is 9.66 Å². The van der Waals surface area contributed by atoms with Crippen LogP contribution in [0, 0.1) is 17.0 Å². The van der Waals surface area contributed by atoms with Crippen LogP contribution in [-0.4, -0.2) is 9.91 Å². The average molecular weight is 323 g/mol. The molecule has 19 heavy (non-hydrogen) atoms. The molecule has 1 aromatic heterocycles. The molecule has 5 nitrogen and oxygen atoms in total. The van der Waals surface area contributed by atoms with Gasteiger partial charge in [0, 0.05) is 17.6 Å². The molecule has 0 N–H and O–H groups in total. The van der Waals surface area contributed by atoms with Gasteiger partial charge in [-0.2, -0.15) is 0 Å². The van der Waals surface area contributed by atoms with Gasteiger partial charge in [0.15, 0.2) is 0 Å². The molecule has 2 rings (SSSR count). The Balaban J connectivity index is 2.40. The smallest absolute Gasteiger partial charge is 0.311 e. The largest absolute Gasteiger partial charge is 0.448 e. The Morgan fingerprint density at radius 1 is 1.37 bits per heavy atom. The summed E-state index contributed by atoms with van der Waals surface area (Å²) in [6, 6.07) is 8.32. The molecule has 0 radical (unpaired) electrons. The zero-order valence-electron chi connectivity index (χ0n) is 10.2. The van der Waals surface area contributed by atoms with Crippen LogP contribution < -0.4 is 4.74 Å². The van der Waals surface area contributed by atoms with Gasteiger partial charge in [0.25, 0.3) is 0 Å². The van der Waals surface area contributed by atoms with Crippen LogP contribution in [0.2, 0.25) is 0 Å². The highest BCUT2D eigenvalue weighted by Gasteiger charge is 2.17. The van der Waals surface area contributed by atoms with E-state index in [9.17, 15) is 10.1 Å². The van der Waals surface area contributed by atoms with Crippen molar-refractivity contribution in [1.29, 1.82) is 0 Å². The molecule has 1 aromatic carbocycles. The van der Waals surface area contributed by atoms with Crippen LogP contribution in [0.3, 0.4) is 0 Å². The van der Waals surface area contributed by atoms with Gasteiger partial charge in [-0.05, 0) is 30.7 Å². The molecule has 1 heterocycles. The molecule has 2 aromatic rings. The molecule has 0 aliphatic carbocycles. The van der Waals surface area contributed by atoms with Gasteiger partial charge in [-0.3, -0.25) is 15.1 Å². The first-order chi connectivity index (χ1) is 9.11. The fraction of sp³-hybridized carbons (Fsp3) is 0.154. The van der Waals surface area contributed by atoms with Gasteiger partial charge in [0.1, 0.15) is 5.75 Å². The second-order valence-electron chi connectivity index (χ2n) is 3.88. The molecule has 98 valence electrons. The minimum Gasteiger partial charge on any atom is -0.448 e. The number of alkyl halides is 1. The Morgan fingerprint density at radius 2 is 2.16 bits per heavy atom. The lowest BCUT2D eigenvalue weighted by molar-refractivity contribution is -0.385. The first-order valence-electron chi connectivity index (χ1n) is 5.54. The zero-order valence-corrected chi connectivity index (χ0v) is 11.8. The number of hydrogen-bond acceptors (Lipinski definition) is 4. The van der Waals surface area contributed by atoms with Gasteiger partial charge in [0.2, 0.25) is 5.75 Å². The van der Waals surface area contributed by atoms with Crippen molar-refractivity contribution in [2.24, 2.45) is 0 Å². The number of nitrogens with zero attached hydrogens (tertiary/aromatic N) is 2. The number of hydrogen-bond donors (Lipinski definition) is 0. The van der Waals surface area contributed by atoms with Crippen molar-refractivity contribution in [1.82, 2.24) is 4.98 Å². The van der Waals surface area contributed by atoms with E-state index in [-0.39, 0.29) is 11.4 Å². The second kappa shape index (κ2) is 5.79. The zero-order chi connectivity index (χ0) is 13.8. The molecule has 0 aliphatic heterocycles. The van der Waals surface area contributed by atoms with Crippen LogP contribution in [0.4, 0.5) is 5.69 Å². The van der Waals surface area contributed by atoms with Crippen molar-refractivity contribution in [3.05, 3.63) is 57.9 Å². The van der Waals surface area contributed by atoms with Crippen LogP contribution >= 0.6 is 15.9 Å². The molecule has 0 atom stereocenters. The molecule has 0 fully saturated rings. The topological polar surface area (TPSA) is 65.3 Å². The fourth-order valence-electron chi connectivity index (χ4n) is 1.57. The molecule has 6 heteroatoms. The number of benzene rings is 1. The van der Waals surface area contributed by atoms with Crippen LogP contribution in [0.15, 0.2) is 36.5 Å². The third kappa shape index (κ3) is 3.08. The van der Waals surface area contributed by atoms with Crippen molar-refractivity contribution in [3.63, 3.8) is 0 Å². The van der Waals surface area contributed by atoms with E-state index in [1.165, 1.54) is 6.07 Å². The average Bonchev–Trinajstić information content (AvgIpc) is 2.41. The van der Waals surface area contributed by atoms with Crippen LogP contribution in [0.1, 0.15) is 11.3 Å². The number of pyridine rings is 1. The van der Waals surface area contributed by atoms with E-state index in [0.29, 0.717) is 16.8 Å². The van der Waals surface area contributed by atoms with Crippen LogP contribution in [0.25, 0.3) is 0 Å². The van der Waals surface area contributed by atoms with E-state index < -0.39 is 4.92 Å². The summed E-state index contributed by atoms with van der Waals surface area (Å²) < 4.78 is 5.58. The van der Waals surface area contributed by atoms with Crippen molar-refractivity contribution in [2.45, 2.75) is 12.3 Å². The van der Waals surface area contributed by atoms with E-state index >= 15 is 0 Å². The maximum Gasteiger partial charge on any atom is 0.311 e. The number of aryl methyl sites for hydroxylation is 1. The Morgan fingerprint density at radius 3 is 2.79 bits per heavy atom. The minimum absolute atomic E-state index is 0.0554. The number of ether oxygens (including phenoxy) is 1. The normalized spacial score (nSPS) is 10.2. The predicted molar refractivity (Wildman–Crippen MR) is 74.8 cm³/mol. The highest BCUT2D eigenvalue weighted by Crippen LogP contribution is 2.33. The standard InChI is InChI=1S/C13H11BrN2O3/c1-9-12(3-2-6-15-9)19-13-5-4-10(8-14)7-11(13)16(17)18/h2-7H,8H2,1H3. The van der Waals surface area contributed by atoms with Crippen LogP contribution in [0.5, 0.6) is 11.5 Å². The lowest BCUT2D eigenvalue weighted by Crippen LogP contribution is -1.96. The second-order valence-corrected chi connectivity index (χ2v) is 4.44. The molecule has 0 aliphatic rings. The van der Waals surface area contributed by atoms with E-state index in [1.807, 2.05) is 0 Å². The quantitative estimate of drug-likeness (QED) is 0.485.